The molecule has 0 spiro atoms. The summed E-state index contributed by atoms with van der Waals surface area (Å²) in [7, 11) is 0. The smallest absolute Gasteiger partial charge is 0.238 e. The fraction of sp³-hybridized carbons (Fsp3) is 0.458. The number of hydrogen-bond acceptors (Lipinski definition) is 3. The highest BCUT2D eigenvalue weighted by atomic mass is 16.2. The molecule has 3 rings (SSSR count). The molecule has 1 fully saturated rings. The van der Waals surface area contributed by atoms with Gasteiger partial charge >= 0.3 is 0 Å². The van der Waals surface area contributed by atoms with Gasteiger partial charge in [0.2, 0.25) is 5.91 Å². The van der Waals surface area contributed by atoms with Crippen molar-refractivity contribution in [2.75, 3.05) is 38.0 Å². The fourth-order valence-corrected chi connectivity index (χ4v) is 3.77. The molecule has 2 aromatic rings. The summed E-state index contributed by atoms with van der Waals surface area (Å²) in [6.45, 7) is 13.9. The zero-order chi connectivity index (χ0) is 20.1. The van der Waals surface area contributed by atoms with Crippen LogP contribution in [0.3, 0.4) is 0 Å². The normalized spacial score (nSPS) is 15.8. The molecule has 0 aliphatic carbocycles. The van der Waals surface area contributed by atoms with E-state index in [1.54, 1.807) is 0 Å². The number of anilines is 1. The Labute approximate surface area is 169 Å². The van der Waals surface area contributed by atoms with Gasteiger partial charge in [-0.25, -0.2) is 0 Å². The van der Waals surface area contributed by atoms with Crippen molar-refractivity contribution in [3.63, 3.8) is 0 Å². The summed E-state index contributed by atoms with van der Waals surface area (Å²) in [4.78, 5) is 17.2. The zero-order valence-electron chi connectivity index (χ0n) is 17.7. The molecule has 0 radical (unpaired) electrons. The van der Waals surface area contributed by atoms with Crippen LogP contribution in [0, 0.1) is 13.8 Å². The molecule has 1 aliphatic rings. The van der Waals surface area contributed by atoms with Crippen LogP contribution in [0.2, 0.25) is 0 Å². The largest absolute Gasteiger partial charge is 0.324 e. The Kier molecular flexibility index (Phi) is 6.87. The van der Waals surface area contributed by atoms with Gasteiger partial charge in [-0.3, -0.25) is 14.6 Å². The zero-order valence-corrected chi connectivity index (χ0v) is 17.7. The molecular formula is C24H33N3O. The fourth-order valence-electron chi connectivity index (χ4n) is 3.77. The van der Waals surface area contributed by atoms with E-state index in [0.717, 1.165) is 49.5 Å². The van der Waals surface area contributed by atoms with Crippen LogP contribution in [0.25, 0.3) is 0 Å². The molecule has 1 N–H and O–H groups in total. The van der Waals surface area contributed by atoms with Gasteiger partial charge in [0.1, 0.15) is 0 Å². The van der Waals surface area contributed by atoms with Crippen molar-refractivity contribution in [3.05, 3.63) is 64.7 Å². The highest BCUT2D eigenvalue weighted by molar-refractivity contribution is 5.93. The maximum atomic E-state index is 12.5. The maximum Gasteiger partial charge on any atom is 0.238 e. The van der Waals surface area contributed by atoms with Gasteiger partial charge in [0.25, 0.3) is 0 Å². The van der Waals surface area contributed by atoms with Crippen LogP contribution in [0.1, 0.15) is 42.0 Å². The minimum atomic E-state index is 0.0788. The number of carbonyl (C=O) groups excluding carboxylic acids is 1. The lowest BCUT2D eigenvalue weighted by Crippen LogP contribution is -2.48. The lowest BCUT2D eigenvalue weighted by Gasteiger charge is -2.34. The third kappa shape index (κ3) is 5.43. The van der Waals surface area contributed by atoms with Crippen molar-refractivity contribution in [2.45, 2.75) is 40.2 Å². The predicted octanol–water partition coefficient (Wildman–Crippen LogP) is 4.18. The summed E-state index contributed by atoms with van der Waals surface area (Å²) in [6.07, 6.45) is 0. The number of amides is 1. The Balaban J connectivity index is 1.45. The first kappa shape index (κ1) is 20.6. The number of piperazine rings is 1. The molecule has 150 valence electrons. The van der Waals surface area contributed by atoms with E-state index in [1.807, 2.05) is 32.0 Å². The van der Waals surface area contributed by atoms with Crippen LogP contribution in [-0.2, 0) is 11.3 Å². The van der Waals surface area contributed by atoms with Gasteiger partial charge in [-0.1, -0.05) is 56.3 Å². The minimum absolute atomic E-state index is 0.0788. The molecular weight excluding hydrogens is 346 g/mol. The van der Waals surface area contributed by atoms with Crippen molar-refractivity contribution in [1.82, 2.24) is 9.80 Å². The average Bonchev–Trinajstić information content (AvgIpc) is 2.67. The molecule has 0 unspecified atom stereocenters. The second-order valence-electron chi connectivity index (χ2n) is 8.26. The van der Waals surface area contributed by atoms with Crippen molar-refractivity contribution >= 4 is 11.6 Å². The number of carbonyl (C=O) groups is 1. The third-order valence-electron chi connectivity index (χ3n) is 5.63. The van der Waals surface area contributed by atoms with E-state index in [2.05, 4.69) is 53.2 Å². The summed E-state index contributed by atoms with van der Waals surface area (Å²) < 4.78 is 0. The van der Waals surface area contributed by atoms with E-state index in [4.69, 9.17) is 0 Å². The number of para-hydroxylation sites is 1. The molecule has 0 aromatic heterocycles. The molecule has 4 heteroatoms. The molecule has 2 aromatic carbocycles. The van der Waals surface area contributed by atoms with Gasteiger partial charge < -0.3 is 5.32 Å². The highest BCUT2D eigenvalue weighted by Gasteiger charge is 2.19. The molecule has 4 nitrogen and oxygen atoms in total. The van der Waals surface area contributed by atoms with Crippen LogP contribution >= 0.6 is 0 Å². The topological polar surface area (TPSA) is 35.6 Å². The molecule has 28 heavy (non-hydrogen) atoms. The molecule has 0 saturated carbocycles. The Morgan fingerprint density at radius 2 is 1.50 bits per heavy atom. The highest BCUT2D eigenvalue weighted by Crippen LogP contribution is 2.19. The maximum absolute atomic E-state index is 12.5. The average molecular weight is 380 g/mol. The van der Waals surface area contributed by atoms with Gasteiger partial charge in [0.15, 0.2) is 0 Å². The predicted molar refractivity (Wildman–Crippen MR) is 117 cm³/mol. The lowest BCUT2D eigenvalue weighted by atomic mass is 10.0. The lowest BCUT2D eigenvalue weighted by molar-refractivity contribution is -0.117. The SMILES string of the molecule is Cc1cccc(C)c1NC(=O)CN1CCN(Cc2ccc(C(C)C)cc2)CC1. The first-order valence-corrected chi connectivity index (χ1v) is 10.3. The van der Waals surface area contributed by atoms with Gasteiger partial charge in [0.05, 0.1) is 6.54 Å². The molecule has 1 amide bonds. The van der Waals surface area contributed by atoms with Crippen molar-refractivity contribution in [1.29, 1.82) is 0 Å². The van der Waals surface area contributed by atoms with Crippen molar-refractivity contribution in [3.8, 4) is 0 Å². The van der Waals surface area contributed by atoms with Crippen LogP contribution in [-0.4, -0.2) is 48.4 Å². The second kappa shape index (κ2) is 9.35. The number of rotatable bonds is 6. The Morgan fingerprint density at radius 3 is 2.07 bits per heavy atom. The standard InChI is InChI=1S/C24H33N3O/c1-18(2)22-10-8-21(9-11-22)16-26-12-14-27(15-13-26)17-23(28)25-24-19(3)6-5-7-20(24)4/h5-11,18H,12-17H2,1-4H3,(H,25,28). The summed E-state index contributed by atoms with van der Waals surface area (Å²) in [5.41, 5.74) is 5.94. The molecule has 1 saturated heterocycles. The summed E-state index contributed by atoms with van der Waals surface area (Å²) >= 11 is 0. The number of nitrogens with one attached hydrogen (secondary N) is 1. The number of nitrogens with zero attached hydrogens (tertiary/aromatic N) is 2. The van der Waals surface area contributed by atoms with Gasteiger partial charge in [-0.05, 0) is 42.0 Å². The van der Waals surface area contributed by atoms with Gasteiger partial charge in [-0.15, -0.1) is 0 Å². The molecule has 1 aliphatic heterocycles. The summed E-state index contributed by atoms with van der Waals surface area (Å²) in [5.74, 6) is 0.655. The van der Waals surface area contributed by atoms with Crippen LogP contribution in [0.5, 0.6) is 0 Å². The van der Waals surface area contributed by atoms with Gasteiger partial charge in [-0.2, -0.15) is 0 Å². The molecule has 1 heterocycles. The van der Waals surface area contributed by atoms with Crippen LogP contribution in [0.4, 0.5) is 5.69 Å². The number of aryl methyl sites for hydroxylation is 2. The second-order valence-corrected chi connectivity index (χ2v) is 8.26. The van der Waals surface area contributed by atoms with Crippen LogP contribution in [0.15, 0.2) is 42.5 Å². The van der Waals surface area contributed by atoms with E-state index in [-0.39, 0.29) is 5.91 Å². The van der Waals surface area contributed by atoms with E-state index in [9.17, 15) is 4.79 Å². The van der Waals surface area contributed by atoms with E-state index in [0.29, 0.717) is 12.5 Å². The van der Waals surface area contributed by atoms with E-state index >= 15 is 0 Å². The summed E-state index contributed by atoms with van der Waals surface area (Å²) in [6, 6.07) is 15.1. The third-order valence-corrected chi connectivity index (χ3v) is 5.63. The quantitative estimate of drug-likeness (QED) is 0.818. The van der Waals surface area contributed by atoms with E-state index < -0.39 is 0 Å². The number of hydrogen-bond donors (Lipinski definition) is 1. The first-order chi connectivity index (χ1) is 13.4. The Hall–Kier alpha value is -2.17. The van der Waals surface area contributed by atoms with E-state index in [1.165, 1.54) is 11.1 Å². The minimum Gasteiger partial charge on any atom is -0.324 e. The number of benzene rings is 2. The monoisotopic (exact) mass is 379 g/mol. The summed E-state index contributed by atoms with van der Waals surface area (Å²) in [5, 5.41) is 3.10. The Bertz CT molecular complexity index is 770. The van der Waals surface area contributed by atoms with Crippen molar-refractivity contribution in [2.24, 2.45) is 0 Å². The first-order valence-electron chi connectivity index (χ1n) is 10.3. The Morgan fingerprint density at radius 1 is 0.929 bits per heavy atom. The van der Waals surface area contributed by atoms with Crippen molar-refractivity contribution < 1.29 is 4.79 Å². The van der Waals surface area contributed by atoms with Gasteiger partial charge in [0, 0.05) is 38.4 Å². The molecule has 0 bridgehead atoms. The van der Waals surface area contributed by atoms with Crippen LogP contribution < -0.4 is 5.32 Å². The molecule has 0 atom stereocenters.